The molecule has 2 rings (SSSR count). The predicted molar refractivity (Wildman–Crippen MR) is 66.6 cm³/mol. The molecule has 1 aromatic carbocycles. The molecule has 0 saturated heterocycles. The molecule has 0 radical (unpaired) electrons. The maximum Gasteiger partial charge on any atom is -0.00925 e. The third-order valence-electron chi connectivity index (χ3n) is 3.69. The summed E-state index contributed by atoms with van der Waals surface area (Å²) in [4.78, 5) is 0. The lowest BCUT2D eigenvalue weighted by molar-refractivity contribution is 0.431. The van der Waals surface area contributed by atoms with Crippen molar-refractivity contribution >= 4 is 5.57 Å². The lowest BCUT2D eigenvalue weighted by Crippen LogP contribution is -2.09. The van der Waals surface area contributed by atoms with Crippen molar-refractivity contribution in [3.8, 4) is 0 Å². The van der Waals surface area contributed by atoms with Crippen LogP contribution in [0.1, 0.15) is 39.7 Å². The van der Waals surface area contributed by atoms with Gasteiger partial charge in [-0.15, -0.1) is 0 Å². The van der Waals surface area contributed by atoms with Gasteiger partial charge in [0.05, 0.1) is 0 Å². The summed E-state index contributed by atoms with van der Waals surface area (Å²) in [5.41, 5.74) is 4.89. The summed E-state index contributed by atoms with van der Waals surface area (Å²) in [6.45, 7) is 9.36. The fourth-order valence-electron chi connectivity index (χ4n) is 3.02. The third-order valence-corrected chi connectivity index (χ3v) is 3.69. The second-order valence-electron chi connectivity index (χ2n) is 5.41. The van der Waals surface area contributed by atoms with Gasteiger partial charge in [-0.3, -0.25) is 0 Å². The number of benzene rings is 1. The predicted octanol–water partition coefficient (Wildman–Crippen LogP) is 4.53. The van der Waals surface area contributed by atoms with Crippen LogP contribution in [0.2, 0.25) is 0 Å². The number of hydrogen-bond acceptors (Lipinski definition) is 0. The highest BCUT2D eigenvalue weighted by molar-refractivity contribution is 5.74. The van der Waals surface area contributed by atoms with Crippen LogP contribution >= 0.6 is 0 Å². The Hall–Kier alpha value is -1.04. The number of hydrogen-bond donors (Lipinski definition) is 0. The largest absolute Gasteiger partial charge is 0.0661 e. The first-order valence-corrected chi connectivity index (χ1v) is 5.79. The van der Waals surface area contributed by atoms with E-state index in [0.29, 0.717) is 5.41 Å². The molecule has 0 heterocycles. The minimum atomic E-state index is 0.338. The molecule has 1 atom stereocenters. The Morgan fingerprint density at radius 2 is 1.73 bits per heavy atom. The molecule has 1 aromatic rings. The van der Waals surface area contributed by atoms with Crippen LogP contribution in [-0.4, -0.2) is 0 Å². The fourth-order valence-corrected chi connectivity index (χ4v) is 3.02. The molecule has 0 aliphatic heterocycles. The molecule has 0 amide bonds. The SMILES string of the molecule is CC1=C(c2ccccc2)C(C)(C)CC1C. The number of allylic oxidation sites excluding steroid dienone is 2. The van der Waals surface area contributed by atoms with Gasteiger partial charge in [-0.25, -0.2) is 0 Å². The van der Waals surface area contributed by atoms with Crippen molar-refractivity contribution in [2.75, 3.05) is 0 Å². The van der Waals surface area contributed by atoms with Crippen LogP contribution in [0.4, 0.5) is 0 Å². The lowest BCUT2D eigenvalue weighted by Gasteiger charge is -2.23. The molecule has 15 heavy (non-hydrogen) atoms. The monoisotopic (exact) mass is 200 g/mol. The molecular formula is C15H20. The van der Waals surface area contributed by atoms with E-state index in [4.69, 9.17) is 0 Å². The average molecular weight is 200 g/mol. The molecule has 0 aromatic heterocycles. The summed E-state index contributed by atoms with van der Waals surface area (Å²) in [6.07, 6.45) is 1.28. The highest BCUT2D eigenvalue weighted by atomic mass is 14.4. The van der Waals surface area contributed by atoms with E-state index in [2.05, 4.69) is 58.0 Å². The highest BCUT2D eigenvalue weighted by Crippen LogP contribution is 2.50. The van der Waals surface area contributed by atoms with E-state index in [1.54, 1.807) is 11.1 Å². The second-order valence-corrected chi connectivity index (χ2v) is 5.41. The zero-order valence-corrected chi connectivity index (χ0v) is 10.2. The van der Waals surface area contributed by atoms with Crippen molar-refractivity contribution < 1.29 is 0 Å². The molecule has 1 aliphatic carbocycles. The van der Waals surface area contributed by atoms with Crippen molar-refractivity contribution in [3.05, 3.63) is 41.5 Å². The third kappa shape index (κ3) is 1.73. The minimum Gasteiger partial charge on any atom is -0.0661 e. The molecule has 0 heteroatoms. The van der Waals surface area contributed by atoms with E-state index < -0.39 is 0 Å². The van der Waals surface area contributed by atoms with Gasteiger partial charge in [0.25, 0.3) is 0 Å². The summed E-state index contributed by atoms with van der Waals surface area (Å²) in [7, 11) is 0. The summed E-state index contributed by atoms with van der Waals surface area (Å²) in [6, 6.07) is 10.8. The van der Waals surface area contributed by atoms with Gasteiger partial charge < -0.3 is 0 Å². The molecule has 0 nitrogen and oxygen atoms in total. The van der Waals surface area contributed by atoms with E-state index in [1.165, 1.54) is 12.0 Å². The van der Waals surface area contributed by atoms with Crippen LogP contribution in [0, 0.1) is 11.3 Å². The summed E-state index contributed by atoms with van der Waals surface area (Å²) in [5, 5.41) is 0. The summed E-state index contributed by atoms with van der Waals surface area (Å²) < 4.78 is 0. The Morgan fingerprint density at radius 3 is 2.20 bits per heavy atom. The Kier molecular flexibility index (Phi) is 2.46. The molecule has 0 bridgehead atoms. The van der Waals surface area contributed by atoms with Gasteiger partial charge in [-0.1, -0.05) is 56.7 Å². The van der Waals surface area contributed by atoms with Gasteiger partial charge >= 0.3 is 0 Å². The first-order valence-electron chi connectivity index (χ1n) is 5.79. The van der Waals surface area contributed by atoms with Crippen LogP contribution in [0.25, 0.3) is 5.57 Å². The van der Waals surface area contributed by atoms with Gasteiger partial charge in [-0.05, 0) is 35.8 Å². The van der Waals surface area contributed by atoms with Gasteiger partial charge in [-0.2, -0.15) is 0 Å². The average Bonchev–Trinajstić information content (AvgIpc) is 2.37. The number of rotatable bonds is 1. The first-order chi connectivity index (χ1) is 7.02. The zero-order valence-electron chi connectivity index (χ0n) is 10.2. The maximum absolute atomic E-state index is 2.36. The van der Waals surface area contributed by atoms with Crippen molar-refractivity contribution in [3.63, 3.8) is 0 Å². The van der Waals surface area contributed by atoms with Crippen LogP contribution < -0.4 is 0 Å². The summed E-state index contributed by atoms with van der Waals surface area (Å²) in [5.74, 6) is 0.732. The van der Waals surface area contributed by atoms with Gasteiger partial charge in [0.2, 0.25) is 0 Å². The Balaban J connectivity index is 2.52. The van der Waals surface area contributed by atoms with Crippen LogP contribution in [0.15, 0.2) is 35.9 Å². The van der Waals surface area contributed by atoms with Crippen LogP contribution in [0.3, 0.4) is 0 Å². The Labute approximate surface area is 93.0 Å². The van der Waals surface area contributed by atoms with E-state index >= 15 is 0 Å². The fraction of sp³-hybridized carbons (Fsp3) is 0.467. The highest BCUT2D eigenvalue weighted by Gasteiger charge is 2.35. The minimum absolute atomic E-state index is 0.338. The van der Waals surface area contributed by atoms with Crippen molar-refractivity contribution in [1.29, 1.82) is 0 Å². The molecule has 0 spiro atoms. The standard InChI is InChI=1S/C15H20/c1-11-10-15(3,4)14(12(11)2)13-8-6-5-7-9-13/h5-9,11H,10H2,1-4H3. The summed E-state index contributed by atoms with van der Waals surface area (Å²) >= 11 is 0. The van der Waals surface area contributed by atoms with E-state index in [-0.39, 0.29) is 0 Å². The van der Waals surface area contributed by atoms with Crippen molar-refractivity contribution in [2.45, 2.75) is 34.1 Å². The van der Waals surface area contributed by atoms with Crippen LogP contribution in [-0.2, 0) is 0 Å². The Morgan fingerprint density at radius 1 is 1.13 bits per heavy atom. The second kappa shape index (κ2) is 3.52. The molecule has 1 unspecified atom stereocenters. The maximum atomic E-state index is 2.36. The van der Waals surface area contributed by atoms with E-state index in [1.807, 2.05) is 0 Å². The molecule has 1 aliphatic rings. The van der Waals surface area contributed by atoms with E-state index in [9.17, 15) is 0 Å². The normalized spacial score (nSPS) is 24.7. The quantitative estimate of drug-likeness (QED) is 0.625. The van der Waals surface area contributed by atoms with Gasteiger partial charge in [0, 0.05) is 0 Å². The molecular weight excluding hydrogens is 180 g/mol. The van der Waals surface area contributed by atoms with E-state index in [0.717, 1.165) is 5.92 Å². The first kappa shape index (κ1) is 10.5. The van der Waals surface area contributed by atoms with Crippen LogP contribution in [0.5, 0.6) is 0 Å². The van der Waals surface area contributed by atoms with Crippen molar-refractivity contribution in [1.82, 2.24) is 0 Å². The smallest absolute Gasteiger partial charge is 0.00925 e. The molecule has 0 N–H and O–H groups in total. The van der Waals surface area contributed by atoms with Gasteiger partial charge in [0.1, 0.15) is 0 Å². The molecule has 0 saturated carbocycles. The molecule has 80 valence electrons. The Bertz CT molecular complexity index is 382. The zero-order chi connectivity index (χ0) is 11.1. The molecule has 0 fully saturated rings. The topological polar surface area (TPSA) is 0 Å². The van der Waals surface area contributed by atoms with Gasteiger partial charge in [0.15, 0.2) is 0 Å². The lowest BCUT2D eigenvalue weighted by atomic mass is 9.81. The van der Waals surface area contributed by atoms with Crippen molar-refractivity contribution in [2.24, 2.45) is 11.3 Å².